The van der Waals surface area contributed by atoms with Crippen molar-refractivity contribution in [2.24, 2.45) is 5.92 Å². The van der Waals surface area contributed by atoms with Crippen LogP contribution >= 0.6 is 0 Å². The number of carbonyl (C=O) groups excluding carboxylic acids is 2. The molecular weight excluding hydrogens is 264 g/mol. The molecule has 0 saturated heterocycles. The zero-order chi connectivity index (χ0) is 14.6. The van der Waals surface area contributed by atoms with Gasteiger partial charge in [-0.05, 0) is 33.6 Å². The van der Waals surface area contributed by atoms with Gasteiger partial charge in [-0.1, -0.05) is 0 Å². The van der Waals surface area contributed by atoms with E-state index in [9.17, 15) is 9.59 Å². The summed E-state index contributed by atoms with van der Waals surface area (Å²) in [4.78, 5) is 21.2. The molecule has 1 atom stereocenters. The molecule has 0 spiro atoms. The highest BCUT2D eigenvalue weighted by Gasteiger charge is 2.39. The first-order valence-corrected chi connectivity index (χ1v) is 8.91. The molecule has 0 aromatic heterocycles. The van der Waals surface area contributed by atoms with E-state index < -0.39 is 8.80 Å². The van der Waals surface area contributed by atoms with E-state index in [4.69, 9.17) is 13.3 Å². The molecule has 0 radical (unpaired) electrons. The summed E-state index contributed by atoms with van der Waals surface area (Å²) in [6.45, 7) is 7.41. The van der Waals surface area contributed by atoms with Gasteiger partial charge in [0.05, 0.1) is 0 Å². The predicted octanol–water partition coefficient (Wildman–Crippen LogP) is 2.22. The summed E-state index contributed by atoms with van der Waals surface area (Å²) in [5, 5.41) is 0. The Morgan fingerprint density at radius 2 is 1.53 bits per heavy atom. The lowest BCUT2D eigenvalue weighted by Crippen LogP contribution is -2.46. The molecule has 0 N–H and O–H groups in total. The van der Waals surface area contributed by atoms with E-state index in [1.54, 1.807) is 0 Å². The highest BCUT2D eigenvalue weighted by atomic mass is 28.4. The van der Waals surface area contributed by atoms with Crippen LogP contribution in [0, 0.1) is 5.92 Å². The fourth-order valence-corrected chi connectivity index (χ4v) is 4.59. The monoisotopic (exact) mass is 290 g/mol. The van der Waals surface area contributed by atoms with Gasteiger partial charge in [0.15, 0.2) is 0 Å². The van der Waals surface area contributed by atoms with Crippen molar-refractivity contribution in [1.29, 1.82) is 0 Å². The van der Waals surface area contributed by atoms with Crippen molar-refractivity contribution in [3.8, 4) is 0 Å². The van der Waals surface area contributed by atoms with Gasteiger partial charge in [-0.2, -0.15) is 0 Å². The van der Waals surface area contributed by atoms with Crippen molar-refractivity contribution in [1.82, 2.24) is 0 Å². The zero-order valence-corrected chi connectivity index (χ0v) is 13.2. The summed E-state index contributed by atoms with van der Waals surface area (Å²) in [7, 11) is -2.60. The van der Waals surface area contributed by atoms with Crippen molar-refractivity contribution in [2.75, 3.05) is 19.8 Å². The summed E-state index contributed by atoms with van der Waals surface area (Å²) in [5.41, 5.74) is 0. The highest BCUT2D eigenvalue weighted by molar-refractivity contribution is 6.60. The van der Waals surface area contributed by atoms with E-state index in [-0.39, 0.29) is 12.3 Å². The number of carbonyl (C=O) groups is 2. The van der Waals surface area contributed by atoms with E-state index in [0.29, 0.717) is 32.3 Å². The molecule has 0 saturated carbocycles. The van der Waals surface area contributed by atoms with E-state index in [0.717, 1.165) is 19.0 Å². The molecule has 112 valence electrons. The lowest BCUT2D eigenvalue weighted by molar-refractivity contribution is -0.115. The minimum Gasteiger partial charge on any atom is -0.374 e. The number of rotatable bonds is 13. The van der Waals surface area contributed by atoms with Gasteiger partial charge in [0.2, 0.25) is 0 Å². The fraction of sp³-hybridized carbons (Fsp3) is 0.846. The van der Waals surface area contributed by atoms with Crippen molar-refractivity contribution in [3.05, 3.63) is 0 Å². The number of hydrogen-bond acceptors (Lipinski definition) is 5. The van der Waals surface area contributed by atoms with E-state index in [1.165, 1.54) is 0 Å². The molecule has 0 heterocycles. The van der Waals surface area contributed by atoms with Gasteiger partial charge >= 0.3 is 8.80 Å². The molecule has 0 aliphatic heterocycles. The van der Waals surface area contributed by atoms with Gasteiger partial charge in [0.1, 0.15) is 12.6 Å². The summed E-state index contributed by atoms with van der Waals surface area (Å²) in [6.07, 6.45) is 3.36. The summed E-state index contributed by atoms with van der Waals surface area (Å²) >= 11 is 0. The van der Waals surface area contributed by atoms with Gasteiger partial charge in [-0.15, -0.1) is 0 Å². The van der Waals surface area contributed by atoms with Crippen molar-refractivity contribution < 1.29 is 22.9 Å². The molecule has 0 aliphatic carbocycles. The lowest BCUT2D eigenvalue weighted by atomic mass is 10.0. The second kappa shape index (κ2) is 11.3. The van der Waals surface area contributed by atoms with Gasteiger partial charge in [-0.25, -0.2) is 0 Å². The molecule has 6 heteroatoms. The fourth-order valence-electron chi connectivity index (χ4n) is 1.95. The third-order valence-corrected chi connectivity index (χ3v) is 5.89. The van der Waals surface area contributed by atoms with Crippen LogP contribution in [0.2, 0.25) is 6.04 Å². The van der Waals surface area contributed by atoms with E-state index in [2.05, 4.69) is 0 Å². The van der Waals surface area contributed by atoms with Crippen LogP contribution in [-0.4, -0.2) is 41.2 Å². The maximum Gasteiger partial charge on any atom is 0.500 e. The Labute approximate surface area is 117 Å². The normalized spacial score (nSPS) is 13.2. The van der Waals surface area contributed by atoms with Crippen LogP contribution in [0.15, 0.2) is 0 Å². The van der Waals surface area contributed by atoms with Crippen LogP contribution in [0.3, 0.4) is 0 Å². The molecule has 5 nitrogen and oxygen atoms in total. The third-order valence-electron chi connectivity index (χ3n) is 2.74. The van der Waals surface area contributed by atoms with Gasteiger partial charge in [0, 0.05) is 38.2 Å². The first-order chi connectivity index (χ1) is 9.17. The Balaban J connectivity index is 4.37. The lowest BCUT2D eigenvalue weighted by Gasteiger charge is -2.28. The molecular formula is C13H26O5Si. The maximum absolute atomic E-state index is 10.8. The Morgan fingerprint density at radius 3 is 1.89 bits per heavy atom. The summed E-state index contributed by atoms with van der Waals surface area (Å²) in [5.74, 6) is -0.200. The van der Waals surface area contributed by atoms with Crippen LogP contribution in [0.4, 0.5) is 0 Å². The summed E-state index contributed by atoms with van der Waals surface area (Å²) < 4.78 is 17.2. The summed E-state index contributed by atoms with van der Waals surface area (Å²) in [6, 6.07) is 0.686. The SMILES string of the molecule is CCO[Si](CCCC(C=O)CC=O)(OCC)OCC. The number of hydrogen-bond donors (Lipinski definition) is 0. The highest BCUT2D eigenvalue weighted by Crippen LogP contribution is 2.21. The molecule has 0 aromatic rings. The first kappa shape index (κ1) is 18.4. The van der Waals surface area contributed by atoms with Gasteiger partial charge in [-0.3, -0.25) is 0 Å². The standard InChI is InChI=1S/C13H26O5Si/c1-4-16-19(17-5-2,18-6-3)11-7-8-13(12-15)9-10-14/h10,12-13H,4-9,11H2,1-3H3. The molecule has 0 fully saturated rings. The maximum atomic E-state index is 10.8. The molecule has 0 bridgehead atoms. The van der Waals surface area contributed by atoms with Crippen molar-refractivity contribution >= 4 is 21.4 Å². The molecule has 0 amide bonds. The van der Waals surface area contributed by atoms with Crippen molar-refractivity contribution in [3.63, 3.8) is 0 Å². The molecule has 0 aromatic carbocycles. The quantitative estimate of drug-likeness (QED) is 0.384. The number of aldehydes is 2. The third kappa shape index (κ3) is 7.56. The second-order valence-electron chi connectivity index (χ2n) is 4.17. The largest absolute Gasteiger partial charge is 0.500 e. The minimum absolute atomic E-state index is 0.200. The van der Waals surface area contributed by atoms with Crippen LogP contribution in [0.25, 0.3) is 0 Å². The topological polar surface area (TPSA) is 61.8 Å². The molecule has 19 heavy (non-hydrogen) atoms. The predicted molar refractivity (Wildman–Crippen MR) is 74.9 cm³/mol. The van der Waals surface area contributed by atoms with Crippen LogP contribution < -0.4 is 0 Å². The smallest absolute Gasteiger partial charge is 0.374 e. The van der Waals surface area contributed by atoms with Gasteiger partial charge < -0.3 is 22.9 Å². The minimum atomic E-state index is -2.60. The Morgan fingerprint density at radius 1 is 1.00 bits per heavy atom. The second-order valence-corrected chi connectivity index (χ2v) is 6.90. The average molecular weight is 290 g/mol. The Bertz CT molecular complexity index is 230. The van der Waals surface area contributed by atoms with Crippen LogP contribution in [-0.2, 0) is 22.9 Å². The van der Waals surface area contributed by atoms with Crippen LogP contribution in [0.1, 0.15) is 40.0 Å². The molecule has 0 aliphatic rings. The zero-order valence-electron chi connectivity index (χ0n) is 12.2. The van der Waals surface area contributed by atoms with Crippen LogP contribution in [0.5, 0.6) is 0 Å². The average Bonchev–Trinajstić information content (AvgIpc) is 2.38. The Hall–Kier alpha value is -0.563. The molecule has 1 unspecified atom stereocenters. The first-order valence-electron chi connectivity index (χ1n) is 6.98. The van der Waals surface area contributed by atoms with Gasteiger partial charge in [0.25, 0.3) is 0 Å². The van der Waals surface area contributed by atoms with E-state index >= 15 is 0 Å². The molecule has 0 rings (SSSR count). The van der Waals surface area contributed by atoms with E-state index in [1.807, 2.05) is 20.8 Å². The van der Waals surface area contributed by atoms with Crippen molar-refractivity contribution in [2.45, 2.75) is 46.1 Å². The Kier molecular flexibility index (Phi) is 10.9.